The molecular weight excluding hydrogens is 444 g/mol. The molecule has 5 nitrogen and oxygen atoms in total. The van der Waals surface area contributed by atoms with Crippen molar-refractivity contribution in [3.63, 3.8) is 0 Å². The Morgan fingerprint density at radius 1 is 1.12 bits per heavy atom. The molecule has 1 saturated heterocycles. The van der Waals surface area contributed by atoms with Gasteiger partial charge < -0.3 is 15.1 Å². The summed E-state index contributed by atoms with van der Waals surface area (Å²) in [4.78, 5) is 13.3. The first kappa shape index (κ1) is 19.2. The van der Waals surface area contributed by atoms with Gasteiger partial charge in [0.1, 0.15) is 0 Å². The standard InChI is InChI=1S/C16H16BrF2N5S2/c17-11-9-20-15(21-10-11)23-5-7-24(8-6-23)16(25)22-12-1-3-13(4-2-12)26-14(18)19/h1-4,9-10,14H,5-8H2,(H,22,25). The summed E-state index contributed by atoms with van der Waals surface area (Å²) in [6.45, 7) is 3.05. The molecule has 1 aliphatic rings. The van der Waals surface area contributed by atoms with Gasteiger partial charge in [-0.25, -0.2) is 9.97 Å². The lowest BCUT2D eigenvalue weighted by atomic mass is 10.3. The summed E-state index contributed by atoms with van der Waals surface area (Å²) >= 11 is 9.32. The van der Waals surface area contributed by atoms with E-state index < -0.39 is 5.76 Å². The van der Waals surface area contributed by atoms with Gasteiger partial charge in [0.2, 0.25) is 5.95 Å². The van der Waals surface area contributed by atoms with Crippen molar-refractivity contribution in [3.8, 4) is 0 Å². The number of benzene rings is 1. The molecule has 1 N–H and O–H groups in total. The van der Waals surface area contributed by atoms with E-state index in [0.29, 0.717) is 27.7 Å². The minimum atomic E-state index is -2.42. The molecule has 0 spiro atoms. The van der Waals surface area contributed by atoms with Crippen LogP contribution in [0.3, 0.4) is 0 Å². The summed E-state index contributed by atoms with van der Waals surface area (Å²) in [6, 6.07) is 6.82. The van der Waals surface area contributed by atoms with Gasteiger partial charge in [-0.15, -0.1) is 0 Å². The third-order valence-corrected chi connectivity index (χ3v) is 5.28. The molecule has 26 heavy (non-hydrogen) atoms. The first-order chi connectivity index (χ1) is 12.5. The second-order valence-corrected chi connectivity index (χ2v) is 7.87. The molecular formula is C16H16BrF2N5S2. The van der Waals surface area contributed by atoms with Crippen molar-refractivity contribution in [2.75, 3.05) is 36.4 Å². The van der Waals surface area contributed by atoms with Crippen LogP contribution in [0.5, 0.6) is 0 Å². The zero-order valence-corrected chi connectivity index (χ0v) is 16.8. The van der Waals surface area contributed by atoms with Gasteiger partial charge in [-0.1, -0.05) is 11.8 Å². The maximum absolute atomic E-state index is 12.4. The lowest BCUT2D eigenvalue weighted by molar-refractivity contribution is 0.252. The zero-order chi connectivity index (χ0) is 18.5. The summed E-state index contributed by atoms with van der Waals surface area (Å²) < 4.78 is 25.6. The number of anilines is 2. The van der Waals surface area contributed by atoms with Crippen molar-refractivity contribution in [2.24, 2.45) is 0 Å². The van der Waals surface area contributed by atoms with Crippen LogP contribution in [0.4, 0.5) is 20.4 Å². The number of nitrogens with zero attached hydrogens (tertiary/aromatic N) is 4. The highest BCUT2D eigenvalue weighted by molar-refractivity contribution is 9.10. The van der Waals surface area contributed by atoms with Gasteiger partial charge in [0, 0.05) is 49.2 Å². The maximum atomic E-state index is 12.4. The SMILES string of the molecule is FC(F)Sc1ccc(NC(=S)N2CCN(c3ncc(Br)cn3)CC2)cc1. The van der Waals surface area contributed by atoms with Gasteiger partial charge in [0.15, 0.2) is 5.11 Å². The molecule has 3 rings (SSSR count). The van der Waals surface area contributed by atoms with Gasteiger partial charge >= 0.3 is 0 Å². The Bertz CT molecular complexity index is 737. The molecule has 0 amide bonds. The van der Waals surface area contributed by atoms with Crippen LogP contribution >= 0.6 is 39.9 Å². The highest BCUT2D eigenvalue weighted by Crippen LogP contribution is 2.26. The number of thioether (sulfide) groups is 1. The van der Waals surface area contributed by atoms with E-state index in [1.165, 1.54) is 0 Å². The minimum absolute atomic E-state index is 0.527. The Labute approximate surface area is 168 Å². The molecule has 2 aromatic rings. The van der Waals surface area contributed by atoms with Gasteiger partial charge in [0.05, 0.1) is 4.47 Å². The van der Waals surface area contributed by atoms with Crippen molar-refractivity contribution in [2.45, 2.75) is 10.7 Å². The Hall–Kier alpha value is -1.52. The van der Waals surface area contributed by atoms with E-state index in [4.69, 9.17) is 12.2 Å². The molecule has 0 bridgehead atoms. The molecule has 138 valence electrons. The lowest BCUT2D eigenvalue weighted by Crippen LogP contribution is -2.50. The van der Waals surface area contributed by atoms with Crippen LogP contribution in [0.15, 0.2) is 46.0 Å². The number of piperazine rings is 1. The predicted octanol–water partition coefficient (Wildman–Crippen LogP) is 4.07. The van der Waals surface area contributed by atoms with E-state index in [9.17, 15) is 8.78 Å². The smallest absolute Gasteiger partial charge is 0.288 e. The number of hydrogen-bond acceptors (Lipinski definition) is 5. The molecule has 0 radical (unpaired) electrons. The van der Waals surface area contributed by atoms with Crippen molar-refractivity contribution >= 4 is 56.7 Å². The summed E-state index contributed by atoms with van der Waals surface area (Å²) in [7, 11) is 0. The number of thiocarbonyl (C=S) groups is 1. The molecule has 1 aromatic heterocycles. The number of halogens is 3. The normalized spacial score (nSPS) is 14.6. The fourth-order valence-corrected chi connectivity index (χ4v) is 3.50. The van der Waals surface area contributed by atoms with Gasteiger partial charge in [-0.05, 0) is 52.4 Å². The van der Waals surface area contributed by atoms with Crippen LogP contribution < -0.4 is 10.2 Å². The first-order valence-electron chi connectivity index (χ1n) is 7.84. The maximum Gasteiger partial charge on any atom is 0.288 e. The first-order valence-corrected chi connectivity index (χ1v) is 9.92. The highest BCUT2D eigenvalue weighted by Gasteiger charge is 2.20. The molecule has 2 heterocycles. The highest BCUT2D eigenvalue weighted by atomic mass is 79.9. The van der Waals surface area contributed by atoms with Gasteiger partial charge in [0.25, 0.3) is 5.76 Å². The fraction of sp³-hybridized carbons (Fsp3) is 0.312. The van der Waals surface area contributed by atoms with Crippen molar-refractivity contribution < 1.29 is 8.78 Å². The second kappa shape index (κ2) is 8.92. The van der Waals surface area contributed by atoms with Gasteiger partial charge in [-0.3, -0.25) is 0 Å². The van der Waals surface area contributed by atoms with E-state index in [1.54, 1.807) is 36.7 Å². The third-order valence-electron chi connectivity index (χ3n) is 3.79. The summed E-state index contributed by atoms with van der Waals surface area (Å²) in [5.74, 6) is -1.71. The average Bonchev–Trinajstić information content (AvgIpc) is 2.64. The topological polar surface area (TPSA) is 44.3 Å². The Kier molecular flexibility index (Phi) is 6.60. The summed E-state index contributed by atoms with van der Waals surface area (Å²) in [6.07, 6.45) is 3.47. The molecule has 0 unspecified atom stereocenters. The van der Waals surface area contributed by atoms with Crippen LogP contribution in [0.25, 0.3) is 0 Å². The lowest BCUT2D eigenvalue weighted by Gasteiger charge is -2.36. The van der Waals surface area contributed by atoms with E-state index in [1.807, 2.05) is 0 Å². The number of aromatic nitrogens is 2. The van der Waals surface area contributed by atoms with E-state index in [0.717, 1.165) is 36.3 Å². The van der Waals surface area contributed by atoms with Crippen LogP contribution in [0, 0.1) is 0 Å². The number of hydrogen-bond donors (Lipinski definition) is 1. The number of nitrogens with one attached hydrogen (secondary N) is 1. The van der Waals surface area contributed by atoms with Gasteiger partial charge in [-0.2, -0.15) is 8.78 Å². The van der Waals surface area contributed by atoms with Crippen molar-refractivity contribution in [3.05, 3.63) is 41.1 Å². The van der Waals surface area contributed by atoms with Crippen molar-refractivity contribution in [1.29, 1.82) is 0 Å². The number of alkyl halides is 2. The molecule has 10 heteroatoms. The fourth-order valence-electron chi connectivity index (χ4n) is 2.50. The summed E-state index contributed by atoms with van der Waals surface area (Å²) in [5.41, 5.74) is 0.785. The Morgan fingerprint density at radius 2 is 1.73 bits per heavy atom. The van der Waals surface area contributed by atoms with Crippen molar-refractivity contribution in [1.82, 2.24) is 14.9 Å². The predicted molar refractivity (Wildman–Crippen MR) is 108 cm³/mol. The molecule has 1 aromatic carbocycles. The second-order valence-electron chi connectivity index (χ2n) is 5.51. The molecule has 0 atom stereocenters. The van der Waals surface area contributed by atoms with E-state index >= 15 is 0 Å². The molecule has 0 aliphatic carbocycles. The minimum Gasteiger partial charge on any atom is -0.345 e. The zero-order valence-electron chi connectivity index (χ0n) is 13.6. The van der Waals surface area contributed by atoms with E-state index in [-0.39, 0.29) is 0 Å². The summed E-state index contributed by atoms with van der Waals surface area (Å²) in [5, 5.41) is 3.78. The Morgan fingerprint density at radius 3 is 2.31 bits per heavy atom. The quantitative estimate of drug-likeness (QED) is 0.545. The molecule has 1 aliphatic heterocycles. The van der Waals surface area contributed by atoms with Crippen LogP contribution in [0.2, 0.25) is 0 Å². The van der Waals surface area contributed by atoms with Crippen LogP contribution in [-0.4, -0.2) is 51.9 Å². The monoisotopic (exact) mass is 459 g/mol. The van der Waals surface area contributed by atoms with Crippen LogP contribution in [0.1, 0.15) is 0 Å². The third kappa shape index (κ3) is 5.24. The number of rotatable bonds is 4. The van der Waals surface area contributed by atoms with Crippen LogP contribution in [-0.2, 0) is 0 Å². The molecule has 0 saturated carbocycles. The average molecular weight is 460 g/mol. The Balaban J connectivity index is 1.51. The molecule has 1 fully saturated rings. The largest absolute Gasteiger partial charge is 0.345 e. The van der Waals surface area contributed by atoms with E-state index in [2.05, 4.69) is 41.0 Å².